The van der Waals surface area contributed by atoms with Crippen molar-refractivity contribution < 1.29 is 5.11 Å². The maximum atomic E-state index is 9.64. The molecule has 0 amide bonds. The summed E-state index contributed by atoms with van der Waals surface area (Å²) < 4.78 is 0.794. The van der Waals surface area contributed by atoms with Crippen molar-refractivity contribution in [2.75, 3.05) is 6.54 Å². The molecule has 0 aromatic heterocycles. The van der Waals surface area contributed by atoms with Crippen LogP contribution in [-0.2, 0) is 0 Å². The van der Waals surface area contributed by atoms with E-state index in [1.807, 2.05) is 12.1 Å². The molecule has 1 atom stereocenters. The van der Waals surface area contributed by atoms with E-state index in [-0.39, 0.29) is 0 Å². The number of nitrogens with two attached hydrogens (primary N) is 1. The highest BCUT2D eigenvalue weighted by Gasteiger charge is 2.11. The average Bonchev–Trinajstić information content (AvgIpc) is 2.10. The summed E-state index contributed by atoms with van der Waals surface area (Å²) in [6.07, 6.45) is -0.0501. The SMILES string of the molecule is NCCC(O)c1cccc(Br)c1Cl. The minimum atomic E-state index is -0.574. The highest BCUT2D eigenvalue weighted by atomic mass is 79.9. The molecule has 0 fully saturated rings. The van der Waals surface area contributed by atoms with E-state index in [0.717, 1.165) is 10.0 Å². The van der Waals surface area contributed by atoms with E-state index in [1.165, 1.54) is 0 Å². The third-order valence-electron chi connectivity index (χ3n) is 1.78. The van der Waals surface area contributed by atoms with Crippen molar-refractivity contribution in [1.82, 2.24) is 0 Å². The minimum Gasteiger partial charge on any atom is -0.388 e. The van der Waals surface area contributed by atoms with Crippen LogP contribution in [0.4, 0.5) is 0 Å². The summed E-state index contributed by atoms with van der Waals surface area (Å²) in [7, 11) is 0. The molecule has 3 N–H and O–H groups in total. The number of aliphatic hydroxyl groups excluding tert-OH is 1. The van der Waals surface area contributed by atoms with Gasteiger partial charge in [-0.15, -0.1) is 0 Å². The van der Waals surface area contributed by atoms with Crippen molar-refractivity contribution in [2.24, 2.45) is 5.73 Å². The van der Waals surface area contributed by atoms with Gasteiger partial charge in [0.2, 0.25) is 0 Å². The molecule has 0 aliphatic heterocycles. The van der Waals surface area contributed by atoms with Crippen LogP contribution < -0.4 is 5.73 Å². The smallest absolute Gasteiger partial charge is 0.0816 e. The Kier molecular flexibility index (Phi) is 4.19. The normalized spacial score (nSPS) is 12.9. The third kappa shape index (κ3) is 2.68. The first-order valence-corrected chi connectivity index (χ1v) is 5.16. The lowest BCUT2D eigenvalue weighted by Crippen LogP contribution is -2.07. The Labute approximate surface area is 90.8 Å². The fourth-order valence-corrected chi connectivity index (χ4v) is 1.72. The molecule has 0 aliphatic carbocycles. The molecule has 0 heterocycles. The van der Waals surface area contributed by atoms with Gasteiger partial charge in [-0.2, -0.15) is 0 Å². The Hall–Kier alpha value is -0.0900. The number of aliphatic hydroxyl groups is 1. The van der Waals surface area contributed by atoms with Gasteiger partial charge in [0.1, 0.15) is 0 Å². The van der Waals surface area contributed by atoms with Gasteiger partial charge < -0.3 is 10.8 Å². The molecule has 0 spiro atoms. The third-order valence-corrected chi connectivity index (χ3v) is 3.09. The molecule has 0 radical (unpaired) electrons. The predicted octanol–water partition coefficient (Wildman–Crippen LogP) is 2.48. The van der Waals surface area contributed by atoms with E-state index >= 15 is 0 Å². The van der Waals surface area contributed by atoms with Crippen LogP contribution in [0, 0.1) is 0 Å². The molecule has 1 aromatic rings. The van der Waals surface area contributed by atoms with Gasteiger partial charge in [0.25, 0.3) is 0 Å². The van der Waals surface area contributed by atoms with Gasteiger partial charge in [0, 0.05) is 10.0 Å². The second-order valence-corrected chi connectivity index (χ2v) is 3.97. The van der Waals surface area contributed by atoms with E-state index < -0.39 is 6.10 Å². The second-order valence-electron chi connectivity index (χ2n) is 2.74. The topological polar surface area (TPSA) is 46.2 Å². The summed E-state index contributed by atoms with van der Waals surface area (Å²) >= 11 is 9.27. The van der Waals surface area contributed by atoms with Crippen LogP contribution in [0.5, 0.6) is 0 Å². The van der Waals surface area contributed by atoms with Crippen molar-refractivity contribution >= 4 is 27.5 Å². The molecule has 1 rings (SSSR count). The fraction of sp³-hybridized carbons (Fsp3) is 0.333. The maximum absolute atomic E-state index is 9.64. The number of benzene rings is 1. The molecule has 2 nitrogen and oxygen atoms in total. The summed E-state index contributed by atoms with van der Waals surface area (Å²) in [6.45, 7) is 0.448. The van der Waals surface area contributed by atoms with Crippen molar-refractivity contribution in [3.8, 4) is 0 Å². The van der Waals surface area contributed by atoms with Crippen LogP contribution in [0.25, 0.3) is 0 Å². The van der Waals surface area contributed by atoms with E-state index in [4.69, 9.17) is 17.3 Å². The Bertz CT molecular complexity index is 293. The first-order valence-electron chi connectivity index (χ1n) is 3.99. The highest BCUT2D eigenvalue weighted by molar-refractivity contribution is 9.10. The first-order chi connectivity index (χ1) is 6.16. The molecule has 0 saturated carbocycles. The van der Waals surface area contributed by atoms with Crippen molar-refractivity contribution in [1.29, 1.82) is 0 Å². The Morgan fingerprint density at radius 1 is 1.54 bits per heavy atom. The lowest BCUT2D eigenvalue weighted by molar-refractivity contribution is 0.170. The average molecular weight is 265 g/mol. The second kappa shape index (κ2) is 4.96. The quantitative estimate of drug-likeness (QED) is 0.881. The lowest BCUT2D eigenvalue weighted by atomic mass is 10.1. The first kappa shape index (κ1) is 11.0. The number of halogens is 2. The lowest BCUT2D eigenvalue weighted by Gasteiger charge is -2.11. The molecular weight excluding hydrogens is 253 g/mol. The summed E-state index contributed by atoms with van der Waals surface area (Å²) in [6, 6.07) is 5.47. The van der Waals surface area contributed by atoms with Crippen LogP contribution in [0.1, 0.15) is 18.1 Å². The van der Waals surface area contributed by atoms with Gasteiger partial charge >= 0.3 is 0 Å². The Balaban J connectivity index is 2.93. The summed E-state index contributed by atoms with van der Waals surface area (Å²) in [4.78, 5) is 0. The van der Waals surface area contributed by atoms with Crippen molar-refractivity contribution in [3.05, 3.63) is 33.3 Å². The highest BCUT2D eigenvalue weighted by Crippen LogP contribution is 2.31. The van der Waals surface area contributed by atoms with Gasteiger partial charge in [-0.1, -0.05) is 23.7 Å². The predicted molar refractivity (Wildman–Crippen MR) is 57.8 cm³/mol. The summed E-state index contributed by atoms with van der Waals surface area (Å²) in [5.74, 6) is 0. The number of rotatable bonds is 3. The molecule has 0 aliphatic rings. The van der Waals surface area contributed by atoms with E-state index in [1.54, 1.807) is 6.07 Å². The van der Waals surface area contributed by atoms with Crippen LogP contribution in [-0.4, -0.2) is 11.7 Å². The maximum Gasteiger partial charge on any atom is 0.0816 e. The van der Waals surface area contributed by atoms with Gasteiger partial charge in [-0.05, 0) is 35.0 Å². The van der Waals surface area contributed by atoms with Crippen LogP contribution >= 0.6 is 27.5 Å². The molecular formula is C9H11BrClNO. The van der Waals surface area contributed by atoms with Gasteiger partial charge in [-0.25, -0.2) is 0 Å². The van der Waals surface area contributed by atoms with Crippen LogP contribution in [0.2, 0.25) is 5.02 Å². The molecule has 72 valence electrons. The summed E-state index contributed by atoms with van der Waals surface area (Å²) in [5.41, 5.74) is 6.06. The van der Waals surface area contributed by atoms with Gasteiger partial charge in [-0.3, -0.25) is 0 Å². The van der Waals surface area contributed by atoms with Crippen LogP contribution in [0.3, 0.4) is 0 Å². The molecule has 0 bridgehead atoms. The monoisotopic (exact) mass is 263 g/mol. The molecule has 0 saturated heterocycles. The molecule has 1 unspecified atom stereocenters. The number of hydrogen-bond acceptors (Lipinski definition) is 2. The Morgan fingerprint density at radius 2 is 2.23 bits per heavy atom. The van der Waals surface area contributed by atoms with E-state index in [0.29, 0.717) is 18.0 Å². The number of hydrogen-bond donors (Lipinski definition) is 2. The Morgan fingerprint density at radius 3 is 2.85 bits per heavy atom. The van der Waals surface area contributed by atoms with E-state index in [2.05, 4.69) is 15.9 Å². The zero-order chi connectivity index (χ0) is 9.84. The van der Waals surface area contributed by atoms with E-state index in [9.17, 15) is 5.11 Å². The van der Waals surface area contributed by atoms with Crippen LogP contribution in [0.15, 0.2) is 22.7 Å². The molecule has 1 aromatic carbocycles. The molecule has 13 heavy (non-hydrogen) atoms. The zero-order valence-corrected chi connectivity index (χ0v) is 9.35. The minimum absolute atomic E-state index is 0.448. The van der Waals surface area contributed by atoms with Gasteiger partial charge in [0.05, 0.1) is 11.1 Å². The zero-order valence-electron chi connectivity index (χ0n) is 7.00. The standard InChI is InChI=1S/C9H11BrClNO/c10-7-3-1-2-6(9(7)11)8(13)4-5-12/h1-3,8,13H,4-5,12H2. The fourth-order valence-electron chi connectivity index (χ4n) is 1.09. The molecule has 4 heteroatoms. The van der Waals surface area contributed by atoms with Crippen molar-refractivity contribution in [3.63, 3.8) is 0 Å². The van der Waals surface area contributed by atoms with Gasteiger partial charge in [0.15, 0.2) is 0 Å². The summed E-state index contributed by atoms with van der Waals surface area (Å²) in [5, 5.41) is 10.2. The van der Waals surface area contributed by atoms with Crippen molar-refractivity contribution in [2.45, 2.75) is 12.5 Å². The largest absolute Gasteiger partial charge is 0.388 e.